The fourth-order valence-corrected chi connectivity index (χ4v) is 4.05. The Labute approximate surface area is 172 Å². The number of benzene rings is 2. The number of rotatable bonds is 3. The van der Waals surface area contributed by atoms with Crippen molar-refractivity contribution in [3.05, 3.63) is 59.9 Å². The summed E-state index contributed by atoms with van der Waals surface area (Å²) in [6, 6.07) is 13.3. The Morgan fingerprint density at radius 2 is 1.93 bits per heavy atom. The number of piperidine rings is 1. The number of carbonyl (C=O) groups is 2. The molecule has 0 unspecified atom stereocenters. The third-order valence-electron chi connectivity index (χ3n) is 5.20. The molecular weight excluding hydrogens is 391 g/mol. The molecule has 150 valence electrons. The van der Waals surface area contributed by atoms with E-state index in [9.17, 15) is 14.0 Å². The zero-order chi connectivity index (χ0) is 20.4. The SMILES string of the molecule is CSc1cccc(NC(=O)N2CCC3(CC2)N=C(c2ccc(F)cc2)C(=O)N3)c1. The Kier molecular flexibility index (Phi) is 5.27. The third kappa shape index (κ3) is 4.12. The van der Waals surface area contributed by atoms with Crippen molar-refractivity contribution in [2.45, 2.75) is 23.4 Å². The molecule has 2 aromatic rings. The minimum atomic E-state index is -0.698. The molecule has 4 rings (SSSR count). The van der Waals surface area contributed by atoms with E-state index in [-0.39, 0.29) is 17.8 Å². The van der Waals surface area contributed by atoms with E-state index in [2.05, 4.69) is 15.6 Å². The lowest BCUT2D eigenvalue weighted by Gasteiger charge is -2.37. The first-order valence-corrected chi connectivity index (χ1v) is 10.6. The number of carbonyl (C=O) groups excluding carboxylic acids is 2. The second-order valence-corrected chi connectivity index (χ2v) is 7.98. The molecule has 0 aromatic heterocycles. The average Bonchev–Trinajstić information content (AvgIpc) is 3.04. The fourth-order valence-electron chi connectivity index (χ4n) is 3.59. The van der Waals surface area contributed by atoms with Gasteiger partial charge < -0.3 is 15.5 Å². The zero-order valence-electron chi connectivity index (χ0n) is 15.9. The summed E-state index contributed by atoms with van der Waals surface area (Å²) in [7, 11) is 0. The summed E-state index contributed by atoms with van der Waals surface area (Å²) in [6.45, 7) is 0.961. The highest BCUT2D eigenvalue weighted by molar-refractivity contribution is 7.98. The van der Waals surface area contributed by atoms with Crippen LogP contribution in [0.1, 0.15) is 18.4 Å². The lowest BCUT2D eigenvalue weighted by molar-refractivity contribution is -0.115. The molecule has 0 saturated carbocycles. The number of hydrogen-bond acceptors (Lipinski definition) is 4. The van der Waals surface area contributed by atoms with E-state index in [0.717, 1.165) is 10.6 Å². The number of thioether (sulfide) groups is 1. The number of aliphatic imine (C=N–C) groups is 1. The monoisotopic (exact) mass is 412 g/mol. The Morgan fingerprint density at radius 3 is 2.62 bits per heavy atom. The number of urea groups is 1. The van der Waals surface area contributed by atoms with E-state index in [1.165, 1.54) is 12.1 Å². The molecule has 2 aliphatic heterocycles. The van der Waals surface area contributed by atoms with Crippen LogP contribution in [0.5, 0.6) is 0 Å². The zero-order valence-corrected chi connectivity index (χ0v) is 16.8. The lowest BCUT2D eigenvalue weighted by atomic mass is 9.98. The van der Waals surface area contributed by atoms with Crippen molar-refractivity contribution >= 4 is 35.1 Å². The molecule has 2 heterocycles. The third-order valence-corrected chi connectivity index (χ3v) is 5.93. The maximum absolute atomic E-state index is 13.2. The summed E-state index contributed by atoms with van der Waals surface area (Å²) in [5, 5.41) is 5.89. The summed E-state index contributed by atoms with van der Waals surface area (Å²) in [6.07, 6.45) is 3.05. The van der Waals surface area contributed by atoms with Crippen molar-refractivity contribution < 1.29 is 14.0 Å². The number of likely N-dealkylation sites (tertiary alicyclic amines) is 1. The van der Waals surface area contributed by atoms with Gasteiger partial charge in [0, 0.05) is 42.1 Å². The number of amides is 3. The van der Waals surface area contributed by atoms with Gasteiger partial charge in [0.1, 0.15) is 17.2 Å². The van der Waals surface area contributed by atoms with E-state index >= 15 is 0 Å². The van der Waals surface area contributed by atoms with Gasteiger partial charge in [-0.1, -0.05) is 6.07 Å². The molecule has 0 radical (unpaired) electrons. The maximum atomic E-state index is 13.2. The highest BCUT2D eigenvalue weighted by Crippen LogP contribution is 2.29. The normalized spacial score (nSPS) is 17.8. The molecule has 0 bridgehead atoms. The van der Waals surface area contributed by atoms with Crippen LogP contribution in [0.15, 0.2) is 58.4 Å². The van der Waals surface area contributed by atoms with Crippen molar-refractivity contribution in [2.75, 3.05) is 24.7 Å². The van der Waals surface area contributed by atoms with E-state index in [4.69, 9.17) is 0 Å². The maximum Gasteiger partial charge on any atom is 0.321 e. The fraction of sp³-hybridized carbons (Fsp3) is 0.286. The number of nitrogens with zero attached hydrogens (tertiary/aromatic N) is 2. The van der Waals surface area contributed by atoms with Crippen LogP contribution in [0.4, 0.5) is 14.9 Å². The van der Waals surface area contributed by atoms with E-state index in [0.29, 0.717) is 37.2 Å². The number of nitrogens with one attached hydrogen (secondary N) is 2. The predicted molar refractivity (Wildman–Crippen MR) is 112 cm³/mol. The Balaban J connectivity index is 1.41. The van der Waals surface area contributed by atoms with Crippen molar-refractivity contribution in [1.29, 1.82) is 0 Å². The molecule has 2 aromatic carbocycles. The van der Waals surface area contributed by atoms with E-state index < -0.39 is 5.66 Å². The molecular formula is C21H21FN4O2S. The van der Waals surface area contributed by atoms with Gasteiger partial charge in [0.05, 0.1) is 0 Å². The Morgan fingerprint density at radius 1 is 1.21 bits per heavy atom. The van der Waals surface area contributed by atoms with Gasteiger partial charge in [-0.3, -0.25) is 9.79 Å². The second kappa shape index (κ2) is 7.87. The van der Waals surface area contributed by atoms with Crippen LogP contribution >= 0.6 is 11.8 Å². The topological polar surface area (TPSA) is 73.8 Å². The van der Waals surface area contributed by atoms with Crippen LogP contribution in [0.2, 0.25) is 0 Å². The van der Waals surface area contributed by atoms with Crippen LogP contribution in [0.25, 0.3) is 0 Å². The standard InChI is InChI=1S/C21H21FN4O2S/c1-29-17-4-2-3-16(13-17)23-20(28)26-11-9-21(10-12-26)24-18(19(27)25-21)14-5-7-15(22)8-6-14/h2-8,13H,9-12H2,1H3,(H,23,28)(H,25,27). The molecule has 1 saturated heterocycles. The van der Waals surface area contributed by atoms with Crippen molar-refractivity contribution in [3.8, 4) is 0 Å². The Bertz CT molecular complexity index is 969. The lowest BCUT2D eigenvalue weighted by Crippen LogP contribution is -2.53. The van der Waals surface area contributed by atoms with Gasteiger partial charge in [-0.15, -0.1) is 11.8 Å². The quantitative estimate of drug-likeness (QED) is 0.758. The van der Waals surface area contributed by atoms with Crippen molar-refractivity contribution in [2.24, 2.45) is 4.99 Å². The predicted octanol–water partition coefficient (Wildman–Crippen LogP) is 3.49. The number of hydrogen-bond donors (Lipinski definition) is 2. The van der Waals surface area contributed by atoms with E-state index in [1.807, 2.05) is 30.5 Å². The first-order valence-electron chi connectivity index (χ1n) is 9.36. The van der Waals surface area contributed by atoms with Gasteiger partial charge >= 0.3 is 6.03 Å². The molecule has 8 heteroatoms. The summed E-state index contributed by atoms with van der Waals surface area (Å²) >= 11 is 1.62. The van der Waals surface area contributed by atoms with Crippen molar-refractivity contribution in [1.82, 2.24) is 10.2 Å². The van der Waals surface area contributed by atoms with Gasteiger partial charge in [0.15, 0.2) is 0 Å². The van der Waals surface area contributed by atoms with Gasteiger partial charge in [0.2, 0.25) is 0 Å². The summed E-state index contributed by atoms with van der Waals surface area (Å²) in [4.78, 5) is 32.5. The van der Waals surface area contributed by atoms with Crippen LogP contribution < -0.4 is 10.6 Å². The molecule has 6 nitrogen and oxygen atoms in total. The van der Waals surface area contributed by atoms with Gasteiger partial charge in [-0.2, -0.15) is 0 Å². The molecule has 2 N–H and O–H groups in total. The van der Waals surface area contributed by atoms with Gasteiger partial charge in [-0.25, -0.2) is 9.18 Å². The summed E-state index contributed by atoms with van der Waals surface area (Å²) in [5.41, 5.74) is 0.968. The minimum absolute atomic E-state index is 0.162. The molecule has 1 fully saturated rings. The van der Waals surface area contributed by atoms with Crippen LogP contribution in [0, 0.1) is 5.82 Å². The van der Waals surface area contributed by atoms with Crippen molar-refractivity contribution in [3.63, 3.8) is 0 Å². The first kappa shape index (κ1) is 19.4. The second-order valence-electron chi connectivity index (χ2n) is 7.10. The number of halogens is 1. The molecule has 29 heavy (non-hydrogen) atoms. The van der Waals surface area contributed by atoms with Crippen LogP contribution in [-0.2, 0) is 4.79 Å². The van der Waals surface area contributed by atoms with E-state index in [1.54, 1.807) is 28.8 Å². The molecule has 0 atom stereocenters. The number of anilines is 1. The molecule has 0 aliphatic carbocycles. The molecule has 1 spiro atoms. The van der Waals surface area contributed by atoms with Gasteiger partial charge in [0.25, 0.3) is 5.91 Å². The molecule has 2 aliphatic rings. The first-order chi connectivity index (χ1) is 14.0. The van der Waals surface area contributed by atoms with Crippen LogP contribution in [-0.4, -0.2) is 47.6 Å². The summed E-state index contributed by atoms with van der Waals surface area (Å²) in [5.74, 6) is -0.617. The van der Waals surface area contributed by atoms with Gasteiger partial charge in [-0.05, 0) is 48.7 Å². The highest BCUT2D eigenvalue weighted by Gasteiger charge is 2.42. The molecule has 3 amide bonds. The largest absolute Gasteiger partial charge is 0.326 e. The Hall–Kier alpha value is -2.87. The average molecular weight is 412 g/mol. The van der Waals surface area contributed by atoms with Crippen LogP contribution in [0.3, 0.4) is 0 Å². The summed E-state index contributed by atoms with van der Waals surface area (Å²) < 4.78 is 13.2. The smallest absolute Gasteiger partial charge is 0.321 e. The minimum Gasteiger partial charge on any atom is -0.326 e. The highest BCUT2D eigenvalue weighted by atomic mass is 32.2.